The molecule has 14 nitrogen and oxygen atoms in total. The van der Waals surface area contributed by atoms with Crippen molar-refractivity contribution in [1.82, 2.24) is 15.5 Å². The van der Waals surface area contributed by atoms with E-state index in [1.165, 1.54) is 24.5 Å². The highest BCUT2D eigenvalue weighted by molar-refractivity contribution is 6.24. The van der Waals surface area contributed by atoms with Crippen molar-refractivity contribution in [2.24, 2.45) is 0 Å². The lowest BCUT2D eigenvalue weighted by Gasteiger charge is -2.27. The summed E-state index contributed by atoms with van der Waals surface area (Å²) in [6.07, 6.45) is 1.35. The molecule has 0 unspecified atom stereocenters. The zero-order valence-corrected chi connectivity index (χ0v) is 18.6. The summed E-state index contributed by atoms with van der Waals surface area (Å²) in [5.74, 6) is -3.55. The number of amides is 4. The molecule has 2 aliphatic rings. The van der Waals surface area contributed by atoms with E-state index in [0.717, 1.165) is 6.07 Å². The molecular formula is C22H18N4O10. The predicted molar refractivity (Wildman–Crippen MR) is 116 cm³/mol. The molecule has 2 aromatic rings. The molecule has 0 saturated heterocycles. The normalized spacial score (nSPS) is 16.9. The van der Waals surface area contributed by atoms with Gasteiger partial charge < -0.3 is 24.5 Å². The minimum atomic E-state index is -1.06. The van der Waals surface area contributed by atoms with Crippen LogP contribution in [-0.2, 0) is 19.1 Å². The Morgan fingerprint density at radius 2 is 1.92 bits per heavy atom. The number of ether oxygens (including phenoxy) is 2. The van der Waals surface area contributed by atoms with E-state index >= 15 is 0 Å². The Labute approximate surface area is 202 Å². The maximum Gasteiger partial charge on any atom is 0.338 e. The maximum atomic E-state index is 12.7. The standard InChI is InChI=1S/C22H18N4O10/c1-2-34-21(30)17-12(23-22(31)24-18(17)14-7-4-8-35-14)10-36-15(27)9-25-19(28)11-5-3-6-13(26(32)33)16(11)20(25)29/h3-8,18H,2,9-10H2,1H3,(H2,23,24,31)/t18-/m0/s1. The number of rotatable bonds is 8. The molecule has 14 heteroatoms. The van der Waals surface area contributed by atoms with Crippen molar-refractivity contribution < 1.29 is 42.8 Å². The summed E-state index contributed by atoms with van der Waals surface area (Å²) in [6, 6.07) is 4.91. The van der Waals surface area contributed by atoms with Gasteiger partial charge in [-0.25, -0.2) is 9.59 Å². The van der Waals surface area contributed by atoms with Gasteiger partial charge in [-0.15, -0.1) is 0 Å². The van der Waals surface area contributed by atoms with E-state index in [9.17, 15) is 34.1 Å². The predicted octanol–water partition coefficient (Wildman–Crippen LogP) is 1.20. The van der Waals surface area contributed by atoms with Crippen LogP contribution in [0.3, 0.4) is 0 Å². The molecule has 3 heterocycles. The second kappa shape index (κ2) is 9.69. The van der Waals surface area contributed by atoms with Crippen molar-refractivity contribution in [2.75, 3.05) is 19.8 Å². The largest absolute Gasteiger partial charge is 0.467 e. The Bertz CT molecular complexity index is 1310. The zero-order chi connectivity index (χ0) is 26.0. The average molecular weight is 498 g/mol. The van der Waals surface area contributed by atoms with Crippen molar-refractivity contribution in [2.45, 2.75) is 13.0 Å². The van der Waals surface area contributed by atoms with E-state index in [1.807, 2.05) is 0 Å². The number of urea groups is 1. The third kappa shape index (κ3) is 4.38. The van der Waals surface area contributed by atoms with E-state index in [1.54, 1.807) is 13.0 Å². The Hall–Kier alpha value is -5.01. The number of carbonyl (C=O) groups excluding carboxylic acids is 5. The number of nitrogens with one attached hydrogen (secondary N) is 2. The average Bonchev–Trinajstić information content (AvgIpc) is 3.46. The number of imide groups is 1. The summed E-state index contributed by atoms with van der Waals surface area (Å²) in [7, 11) is 0. The highest BCUT2D eigenvalue weighted by Crippen LogP contribution is 2.31. The van der Waals surface area contributed by atoms with Crippen LogP contribution in [0.1, 0.15) is 39.4 Å². The lowest BCUT2D eigenvalue weighted by molar-refractivity contribution is -0.385. The van der Waals surface area contributed by atoms with E-state index in [4.69, 9.17) is 13.9 Å². The highest BCUT2D eigenvalue weighted by atomic mass is 16.6. The van der Waals surface area contributed by atoms with Gasteiger partial charge in [0.25, 0.3) is 17.5 Å². The van der Waals surface area contributed by atoms with Gasteiger partial charge in [-0.1, -0.05) is 6.07 Å². The fourth-order valence-corrected chi connectivity index (χ4v) is 3.79. The summed E-state index contributed by atoms with van der Waals surface area (Å²) in [5.41, 5.74) is -1.35. The molecular weight excluding hydrogens is 480 g/mol. The van der Waals surface area contributed by atoms with Crippen LogP contribution >= 0.6 is 0 Å². The lowest BCUT2D eigenvalue weighted by atomic mass is 10.0. The van der Waals surface area contributed by atoms with Crippen LogP contribution in [0.25, 0.3) is 0 Å². The number of esters is 2. The molecule has 4 rings (SSSR count). The fraction of sp³-hybridized carbons (Fsp3) is 0.227. The van der Waals surface area contributed by atoms with Gasteiger partial charge in [0.05, 0.1) is 34.6 Å². The van der Waals surface area contributed by atoms with Crippen molar-refractivity contribution in [1.29, 1.82) is 0 Å². The molecule has 0 radical (unpaired) electrons. The van der Waals surface area contributed by atoms with Crippen LogP contribution in [0.2, 0.25) is 0 Å². The molecule has 1 atom stereocenters. The summed E-state index contributed by atoms with van der Waals surface area (Å²) >= 11 is 0. The summed E-state index contributed by atoms with van der Waals surface area (Å²) in [6.45, 7) is 0.154. The third-order valence-corrected chi connectivity index (χ3v) is 5.32. The van der Waals surface area contributed by atoms with Crippen LogP contribution < -0.4 is 10.6 Å². The van der Waals surface area contributed by atoms with Gasteiger partial charge in [0, 0.05) is 6.07 Å². The number of carbonyl (C=O) groups is 5. The van der Waals surface area contributed by atoms with Crippen LogP contribution in [0.15, 0.2) is 52.3 Å². The monoisotopic (exact) mass is 498 g/mol. The Kier molecular flexibility index (Phi) is 6.50. The number of nitrogens with zero attached hydrogens (tertiary/aromatic N) is 2. The zero-order valence-electron chi connectivity index (χ0n) is 18.6. The van der Waals surface area contributed by atoms with Crippen LogP contribution in [0.5, 0.6) is 0 Å². The minimum absolute atomic E-state index is 0.0279. The summed E-state index contributed by atoms with van der Waals surface area (Å²) in [5, 5.41) is 16.1. The molecule has 2 N–H and O–H groups in total. The second-order valence-electron chi connectivity index (χ2n) is 7.47. The molecule has 1 aromatic carbocycles. The quantitative estimate of drug-likeness (QED) is 0.232. The van der Waals surface area contributed by atoms with E-state index in [2.05, 4.69) is 10.6 Å². The number of hydrogen-bond acceptors (Lipinski definition) is 10. The minimum Gasteiger partial charge on any atom is -0.467 e. The van der Waals surface area contributed by atoms with Gasteiger partial charge in [-0.2, -0.15) is 0 Å². The topological polar surface area (TPSA) is 187 Å². The van der Waals surface area contributed by atoms with Crippen molar-refractivity contribution in [3.05, 3.63) is 74.9 Å². The molecule has 186 valence electrons. The first-order valence-corrected chi connectivity index (χ1v) is 10.5. The number of furan rings is 1. The molecule has 4 amide bonds. The van der Waals surface area contributed by atoms with Crippen LogP contribution in [0.4, 0.5) is 10.5 Å². The fourth-order valence-electron chi connectivity index (χ4n) is 3.79. The smallest absolute Gasteiger partial charge is 0.338 e. The second-order valence-corrected chi connectivity index (χ2v) is 7.47. The SMILES string of the molecule is CCOC(=O)C1=C(COC(=O)CN2C(=O)c3cccc([N+](=O)[O-])c3C2=O)NC(=O)N[C@H]1c1ccco1. The molecule has 2 aliphatic heterocycles. The summed E-state index contributed by atoms with van der Waals surface area (Å²) in [4.78, 5) is 73.5. The lowest BCUT2D eigenvalue weighted by Crippen LogP contribution is -2.47. The number of hydrogen-bond donors (Lipinski definition) is 2. The number of benzene rings is 1. The molecule has 0 aliphatic carbocycles. The third-order valence-electron chi connectivity index (χ3n) is 5.32. The van der Waals surface area contributed by atoms with Gasteiger partial charge in [-0.3, -0.25) is 29.4 Å². The van der Waals surface area contributed by atoms with Gasteiger partial charge >= 0.3 is 18.0 Å². The van der Waals surface area contributed by atoms with E-state index < -0.39 is 65.2 Å². The summed E-state index contributed by atoms with van der Waals surface area (Å²) < 4.78 is 15.5. The first-order valence-electron chi connectivity index (χ1n) is 10.5. The van der Waals surface area contributed by atoms with E-state index in [0.29, 0.717) is 4.90 Å². The van der Waals surface area contributed by atoms with Gasteiger partial charge in [0.2, 0.25) is 0 Å². The Balaban J connectivity index is 1.53. The maximum absolute atomic E-state index is 12.7. The molecule has 0 saturated carbocycles. The Morgan fingerprint density at radius 1 is 1.14 bits per heavy atom. The van der Waals surface area contributed by atoms with Crippen LogP contribution in [0, 0.1) is 10.1 Å². The molecule has 0 spiro atoms. The number of nitro groups is 1. The van der Waals surface area contributed by atoms with Gasteiger partial charge in [0.1, 0.15) is 30.5 Å². The van der Waals surface area contributed by atoms with Crippen molar-refractivity contribution >= 4 is 35.5 Å². The van der Waals surface area contributed by atoms with E-state index in [-0.39, 0.29) is 29.2 Å². The first kappa shape index (κ1) is 24.1. The van der Waals surface area contributed by atoms with Gasteiger partial charge in [0.15, 0.2) is 0 Å². The molecule has 0 fully saturated rings. The highest BCUT2D eigenvalue weighted by Gasteiger charge is 2.42. The van der Waals surface area contributed by atoms with Gasteiger partial charge in [-0.05, 0) is 25.1 Å². The van der Waals surface area contributed by atoms with Crippen LogP contribution in [-0.4, -0.2) is 59.4 Å². The molecule has 1 aromatic heterocycles. The molecule has 0 bridgehead atoms. The number of nitro benzene ring substituents is 1. The van der Waals surface area contributed by atoms with Crippen molar-refractivity contribution in [3.63, 3.8) is 0 Å². The van der Waals surface area contributed by atoms with Crippen molar-refractivity contribution in [3.8, 4) is 0 Å². The molecule has 36 heavy (non-hydrogen) atoms. The Morgan fingerprint density at radius 3 is 2.58 bits per heavy atom. The number of fused-ring (bicyclic) bond motifs is 1. The first-order chi connectivity index (χ1) is 17.2.